The minimum atomic E-state index is 0.972. The van der Waals surface area contributed by atoms with E-state index < -0.39 is 0 Å². The van der Waals surface area contributed by atoms with Crippen LogP contribution in [-0.2, 0) is 6.42 Å². The molecule has 0 atom stereocenters. The van der Waals surface area contributed by atoms with Crippen molar-refractivity contribution in [2.75, 3.05) is 5.01 Å². The van der Waals surface area contributed by atoms with Gasteiger partial charge in [-0.3, -0.25) is 5.01 Å². The van der Waals surface area contributed by atoms with E-state index in [0.29, 0.717) is 0 Å². The van der Waals surface area contributed by atoms with Crippen molar-refractivity contribution < 1.29 is 0 Å². The van der Waals surface area contributed by atoms with Crippen molar-refractivity contribution in [3.8, 4) is 0 Å². The summed E-state index contributed by atoms with van der Waals surface area (Å²) in [6, 6.07) is 16.5. The van der Waals surface area contributed by atoms with Crippen LogP contribution in [0.25, 0.3) is 0 Å². The fraction of sp³-hybridized carbons (Fsp3) is 0.0769. The van der Waals surface area contributed by atoms with Crippen LogP contribution in [0, 0.1) is 0 Å². The Kier molecular flexibility index (Phi) is 1.76. The second-order valence-corrected chi connectivity index (χ2v) is 3.80. The molecule has 0 fully saturated rings. The van der Waals surface area contributed by atoms with Gasteiger partial charge < -0.3 is 0 Å². The van der Waals surface area contributed by atoms with E-state index in [1.54, 1.807) is 5.01 Å². The summed E-state index contributed by atoms with van der Waals surface area (Å²) in [5, 5.41) is 1.77. The summed E-state index contributed by atoms with van der Waals surface area (Å²) in [5.74, 6) is 6.09. The molecule has 0 bridgehead atoms. The molecule has 2 aromatic carbocycles. The molecule has 0 unspecified atom stereocenters. The molecule has 0 spiro atoms. The highest BCUT2D eigenvalue weighted by Gasteiger charge is 2.18. The maximum atomic E-state index is 6.09. The smallest absolute Gasteiger partial charge is 0.0610 e. The van der Waals surface area contributed by atoms with Gasteiger partial charge in [-0.2, -0.15) is 0 Å². The van der Waals surface area contributed by atoms with Crippen molar-refractivity contribution in [3.05, 3.63) is 59.7 Å². The van der Waals surface area contributed by atoms with E-state index in [4.69, 9.17) is 5.84 Å². The van der Waals surface area contributed by atoms with Gasteiger partial charge in [0.15, 0.2) is 0 Å². The summed E-state index contributed by atoms with van der Waals surface area (Å²) in [7, 11) is 0. The zero-order valence-electron chi connectivity index (χ0n) is 8.35. The summed E-state index contributed by atoms with van der Waals surface area (Å²) in [6.45, 7) is 0. The Hall–Kier alpha value is -1.80. The number of fused-ring (bicyclic) bond motifs is 2. The second kappa shape index (κ2) is 3.11. The molecule has 0 amide bonds. The van der Waals surface area contributed by atoms with E-state index >= 15 is 0 Å². The van der Waals surface area contributed by atoms with Crippen LogP contribution in [0.1, 0.15) is 11.1 Å². The predicted octanol–water partition coefficient (Wildman–Crippen LogP) is 2.60. The van der Waals surface area contributed by atoms with Crippen LogP contribution in [0.3, 0.4) is 0 Å². The molecule has 0 aromatic heterocycles. The molecule has 2 N–H and O–H groups in total. The molecule has 2 heteroatoms. The number of hydrazine groups is 1. The first-order chi connectivity index (χ1) is 7.36. The molecule has 1 heterocycles. The third kappa shape index (κ3) is 1.22. The van der Waals surface area contributed by atoms with Crippen LogP contribution in [0.15, 0.2) is 48.5 Å². The molecule has 2 aromatic rings. The lowest BCUT2D eigenvalue weighted by Crippen LogP contribution is -2.29. The number of benzene rings is 2. The minimum Gasteiger partial charge on any atom is -0.279 e. The van der Waals surface area contributed by atoms with Gasteiger partial charge in [0.1, 0.15) is 0 Å². The van der Waals surface area contributed by atoms with Crippen molar-refractivity contribution in [3.63, 3.8) is 0 Å². The van der Waals surface area contributed by atoms with E-state index in [0.717, 1.165) is 17.8 Å². The summed E-state index contributed by atoms with van der Waals surface area (Å²) in [4.78, 5) is 0. The van der Waals surface area contributed by atoms with Gasteiger partial charge in [-0.1, -0.05) is 36.4 Å². The molecular formula is C13H12N2. The molecule has 3 rings (SSSR count). The van der Waals surface area contributed by atoms with Crippen molar-refractivity contribution >= 4 is 11.4 Å². The summed E-state index contributed by atoms with van der Waals surface area (Å²) < 4.78 is 0. The quantitative estimate of drug-likeness (QED) is 0.656. The first-order valence-corrected chi connectivity index (χ1v) is 5.07. The number of hydrogen-bond donors (Lipinski definition) is 1. The maximum absolute atomic E-state index is 6.09. The number of hydrogen-bond acceptors (Lipinski definition) is 2. The fourth-order valence-electron chi connectivity index (χ4n) is 2.13. The molecule has 0 saturated carbocycles. The lowest BCUT2D eigenvalue weighted by atomic mass is 9.97. The van der Waals surface area contributed by atoms with Gasteiger partial charge >= 0.3 is 0 Å². The SMILES string of the molecule is NN1c2ccccc2Cc2ccccc21. The second-order valence-electron chi connectivity index (χ2n) is 3.80. The van der Waals surface area contributed by atoms with Crippen LogP contribution in [0.2, 0.25) is 0 Å². The van der Waals surface area contributed by atoms with Crippen LogP contribution >= 0.6 is 0 Å². The Morgan fingerprint density at radius 3 is 1.80 bits per heavy atom. The Labute approximate surface area is 88.9 Å². The van der Waals surface area contributed by atoms with Crippen LogP contribution in [0.4, 0.5) is 11.4 Å². The average molecular weight is 196 g/mol. The summed E-state index contributed by atoms with van der Waals surface area (Å²) >= 11 is 0. The summed E-state index contributed by atoms with van der Waals surface area (Å²) in [6.07, 6.45) is 0.972. The van der Waals surface area contributed by atoms with Crippen molar-refractivity contribution in [1.82, 2.24) is 0 Å². The Morgan fingerprint density at radius 1 is 0.800 bits per heavy atom. The molecule has 0 saturated heterocycles. The topological polar surface area (TPSA) is 29.3 Å². The lowest BCUT2D eigenvalue weighted by Gasteiger charge is -2.29. The molecule has 1 aliphatic heterocycles. The number of nitrogens with zero attached hydrogens (tertiary/aromatic N) is 1. The highest BCUT2D eigenvalue weighted by atomic mass is 15.4. The van der Waals surface area contributed by atoms with Gasteiger partial charge in [-0.25, -0.2) is 5.84 Å². The molecule has 15 heavy (non-hydrogen) atoms. The Balaban J connectivity index is 2.20. The third-order valence-electron chi connectivity index (χ3n) is 2.88. The first-order valence-electron chi connectivity index (χ1n) is 5.07. The third-order valence-corrected chi connectivity index (χ3v) is 2.88. The van der Waals surface area contributed by atoms with Crippen molar-refractivity contribution in [2.24, 2.45) is 5.84 Å². The van der Waals surface area contributed by atoms with Gasteiger partial charge in [0.2, 0.25) is 0 Å². The monoisotopic (exact) mass is 196 g/mol. The molecule has 0 aliphatic carbocycles. The van der Waals surface area contributed by atoms with Gasteiger partial charge in [0, 0.05) is 6.42 Å². The average Bonchev–Trinajstić information content (AvgIpc) is 2.30. The van der Waals surface area contributed by atoms with Gasteiger partial charge in [-0.15, -0.1) is 0 Å². The molecular weight excluding hydrogens is 184 g/mol. The van der Waals surface area contributed by atoms with E-state index in [1.807, 2.05) is 12.1 Å². The standard InChI is InChI=1S/C13H12N2/c14-15-12-7-3-1-5-10(12)9-11-6-2-4-8-13(11)15/h1-8H,9,14H2. The normalized spacial score (nSPS) is 13.3. The molecule has 74 valence electrons. The number of nitrogens with two attached hydrogens (primary N) is 1. The molecule has 2 nitrogen and oxygen atoms in total. The van der Waals surface area contributed by atoms with Gasteiger partial charge in [0.25, 0.3) is 0 Å². The van der Waals surface area contributed by atoms with E-state index in [9.17, 15) is 0 Å². The maximum Gasteiger partial charge on any atom is 0.0610 e. The minimum absolute atomic E-state index is 0.972. The number of rotatable bonds is 0. The van der Waals surface area contributed by atoms with Crippen molar-refractivity contribution in [1.29, 1.82) is 0 Å². The highest BCUT2D eigenvalue weighted by molar-refractivity contribution is 5.72. The fourth-order valence-corrected chi connectivity index (χ4v) is 2.13. The van der Waals surface area contributed by atoms with E-state index in [2.05, 4.69) is 36.4 Å². The highest BCUT2D eigenvalue weighted by Crippen LogP contribution is 2.35. The van der Waals surface area contributed by atoms with Gasteiger partial charge in [0.05, 0.1) is 11.4 Å². The van der Waals surface area contributed by atoms with E-state index in [-0.39, 0.29) is 0 Å². The van der Waals surface area contributed by atoms with E-state index in [1.165, 1.54) is 11.1 Å². The largest absolute Gasteiger partial charge is 0.279 e. The van der Waals surface area contributed by atoms with Crippen molar-refractivity contribution in [2.45, 2.75) is 6.42 Å². The zero-order chi connectivity index (χ0) is 10.3. The van der Waals surface area contributed by atoms with Crippen LogP contribution in [0.5, 0.6) is 0 Å². The summed E-state index contributed by atoms with van der Waals surface area (Å²) in [5.41, 5.74) is 4.80. The number of anilines is 2. The zero-order valence-corrected chi connectivity index (χ0v) is 8.35. The van der Waals surface area contributed by atoms with Crippen LogP contribution in [-0.4, -0.2) is 0 Å². The first kappa shape index (κ1) is 8.50. The molecule has 1 aliphatic rings. The Morgan fingerprint density at radius 2 is 1.27 bits per heavy atom. The Bertz CT molecular complexity index is 460. The molecule has 0 radical (unpaired) electrons. The number of para-hydroxylation sites is 2. The predicted molar refractivity (Wildman–Crippen MR) is 62.0 cm³/mol. The van der Waals surface area contributed by atoms with Gasteiger partial charge in [-0.05, 0) is 23.3 Å². The lowest BCUT2D eigenvalue weighted by molar-refractivity contribution is 0.994. The van der Waals surface area contributed by atoms with Crippen LogP contribution < -0.4 is 10.9 Å².